The van der Waals surface area contributed by atoms with E-state index in [1.165, 1.54) is 0 Å². The van der Waals surface area contributed by atoms with Gasteiger partial charge in [0.15, 0.2) is 0 Å². The van der Waals surface area contributed by atoms with E-state index in [1.54, 1.807) is 7.11 Å². The van der Waals surface area contributed by atoms with Crippen LogP contribution in [0.4, 0.5) is 0 Å². The number of nitrogens with zero attached hydrogens (tertiary/aromatic N) is 2. The molecule has 2 N–H and O–H groups in total. The van der Waals surface area contributed by atoms with Gasteiger partial charge in [-0.1, -0.05) is 5.16 Å². The van der Waals surface area contributed by atoms with Crippen molar-refractivity contribution in [3.63, 3.8) is 0 Å². The molecule has 6 nitrogen and oxygen atoms in total. The first-order chi connectivity index (χ1) is 8.26. The number of likely N-dealkylation sites (tertiary alicyclic amines) is 1. The summed E-state index contributed by atoms with van der Waals surface area (Å²) in [6, 6.07) is 0. The first kappa shape index (κ1) is 13.9. The maximum atomic E-state index is 11.6. The second-order valence-electron chi connectivity index (χ2n) is 4.14. The minimum atomic E-state index is 0.0468. The number of nitrogens with one attached hydrogen (secondary N) is 1. The Hall–Kier alpha value is -1.14. The van der Waals surface area contributed by atoms with Gasteiger partial charge in [0, 0.05) is 46.2 Å². The molecular weight excluding hydrogens is 222 g/mol. The SMILES string of the molecule is COCCCNC(=O)CN1CCC(=NO)CC1. The molecule has 0 unspecified atom stereocenters. The van der Waals surface area contributed by atoms with Crippen LogP contribution in [0.3, 0.4) is 0 Å². The van der Waals surface area contributed by atoms with E-state index in [9.17, 15) is 4.79 Å². The molecule has 17 heavy (non-hydrogen) atoms. The van der Waals surface area contributed by atoms with Crippen molar-refractivity contribution >= 4 is 11.6 Å². The fourth-order valence-corrected chi connectivity index (χ4v) is 1.77. The highest BCUT2D eigenvalue weighted by molar-refractivity contribution is 5.85. The Morgan fingerprint density at radius 2 is 2.24 bits per heavy atom. The summed E-state index contributed by atoms with van der Waals surface area (Å²) >= 11 is 0. The van der Waals surface area contributed by atoms with Crippen molar-refractivity contribution in [3.8, 4) is 0 Å². The molecule has 1 fully saturated rings. The summed E-state index contributed by atoms with van der Waals surface area (Å²) in [5, 5.41) is 14.7. The van der Waals surface area contributed by atoms with Crippen molar-refractivity contribution < 1.29 is 14.7 Å². The Labute approximate surface area is 102 Å². The molecule has 1 heterocycles. The van der Waals surface area contributed by atoms with Crippen molar-refractivity contribution in [2.45, 2.75) is 19.3 Å². The third-order valence-corrected chi connectivity index (χ3v) is 2.79. The van der Waals surface area contributed by atoms with Gasteiger partial charge in [-0.05, 0) is 6.42 Å². The molecule has 0 aliphatic carbocycles. The molecular formula is C11H21N3O3. The zero-order valence-electron chi connectivity index (χ0n) is 10.3. The minimum absolute atomic E-state index is 0.0468. The van der Waals surface area contributed by atoms with Crippen molar-refractivity contribution in [1.29, 1.82) is 0 Å². The number of hydrogen-bond acceptors (Lipinski definition) is 5. The third-order valence-electron chi connectivity index (χ3n) is 2.79. The van der Waals surface area contributed by atoms with Gasteiger partial charge in [0.1, 0.15) is 0 Å². The lowest BCUT2D eigenvalue weighted by Gasteiger charge is -2.26. The second kappa shape index (κ2) is 8.03. The summed E-state index contributed by atoms with van der Waals surface area (Å²) in [6.07, 6.45) is 2.32. The van der Waals surface area contributed by atoms with Gasteiger partial charge in [-0.3, -0.25) is 9.69 Å². The number of amides is 1. The molecule has 1 saturated heterocycles. The molecule has 0 aromatic carbocycles. The quantitative estimate of drug-likeness (QED) is 0.393. The van der Waals surface area contributed by atoms with Gasteiger partial charge in [-0.25, -0.2) is 0 Å². The molecule has 0 aromatic heterocycles. The summed E-state index contributed by atoms with van der Waals surface area (Å²) in [4.78, 5) is 13.6. The van der Waals surface area contributed by atoms with Crippen LogP contribution in [0, 0.1) is 0 Å². The summed E-state index contributed by atoms with van der Waals surface area (Å²) < 4.78 is 4.90. The highest BCUT2D eigenvalue weighted by atomic mass is 16.5. The van der Waals surface area contributed by atoms with Gasteiger partial charge in [0.2, 0.25) is 5.91 Å². The van der Waals surface area contributed by atoms with E-state index >= 15 is 0 Å². The van der Waals surface area contributed by atoms with Gasteiger partial charge in [0.25, 0.3) is 0 Å². The second-order valence-corrected chi connectivity index (χ2v) is 4.14. The Morgan fingerprint density at radius 1 is 1.53 bits per heavy atom. The van der Waals surface area contributed by atoms with Crippen LogP contribution in [0.2, 0.25) is 0 Å². The molecule has 1 amide bonds. The summed E-state index contributed by atoms with van der Waals surface area (Å²) in [5.41, 5.74) is 0.821. The topological polar surface area (TPSA) is 74.2 Å². The Balaban J connectivity index is 2.10. The first-order valence-corrected chi connectivity index (χ1v) is 5.94. The van der Waals surface area contributed by atoms with Crippen LogP contribution < -0.4 is 5.32 Å². The zero-order valence-corrected chi connectivity index (χ0v) is 10.3. The highest BCUT2D eigenvalue weighted by Crippen LogP contribution is 2.06. The lowest BCUT2D eigenvalue weighted by atomic mass is 10.1. The van der Waals surface area contributed by atoms with E-state index in [0.717, 1.165) is 38.1 Å². The van der Waals surface area contributed by atoms with E-state index in [-0.39, 0.29) is 5.91 Å². The maximum absolute atomic E-state index is 11.6. The van der Waals surface area contributed by atoms with E-state index < -0.39 is 0 Å². The number of carbonyl (C=O) groups is 1. The van der Waals surface area contributed by atoms with E-state index in [4.69, 9.17) is 9.94 Å². The predicted molar refractivity (Wildman–Crippen MR) is 64.4 cm³/mol. The molecule has 1 rings (SSSR count). The number of oxime groups is 1. The number of ether oxygens (including phenoxy) is 1. The summed E-state index contributed by atoms with van der Waals surface area (Å²) in [7, 11) is 1.65. The molecule has 1 aliphatic rings. The van der Waals surface area contributed by atoms with Crippen LogP contribution >= 0.6 is 0 Å². The molecule has 0 atom stereocenters. The molecule has 0 radical (unpaired) electrons. The molecule has 0 aromatic rings. The van der Waals surface area contributed by atoms with Crippen LogP contribution in [0.1, 0.15) is 19.3 Å². The monoisotopic (exact) mass is 243 g/mol. The van der Waals surface area contributed by atoms with Crippen LogP contribution in [0.25, 0.3) is 0 Å². The third kappa shape index (κ3) is 5.65. The van der Waals surface area contributed by atoms with Crippen LogP contribution in [0.15, 0.2) is 5.16 Å². The molecule has 6 heteroatoms. The number of hydrogen-bond donors (Lipinski definition) is 2. The average Bonchev–Trinajstić information content (AvgIpc) is 2.36. The van der Waals surface area contributed by atoms with Crippen LogP contribution in [-0.4, -0.2) is 61.6 Å². The lowest BCUT2D eigenvalue weighted by Crippen LogP contribution is -2.42. The number of piperidine rings is 1. The Kier molecular flexibility index (Phi) is 6.57. The Morgan fingerprint density at radius 3 is 2.82 bits per heavy atom. The van der Waals surface area contributed by atoms with Gasteiger partial charge >= 0.3 is 0 Å². The number of rotatable bonds is 6. The predicted octanol–water partition coefficient (Wildman–Crippen LogP) is 0.0651. The minimum Gasteiger partial charge on any atom is -0.411 e. The Bertz CT molecular complexity index is 259. The van der Waals surface area contributed by atoms with Crippen LogP contribution in [0.5, 0.6) is 0 Å². The first-order valence-electron chi connectivity index (χ1n) is 5.94. The molecule has 0 saturated carbocycles. The smallest absolute Gasteiger partial charge is 0.234 e. The molecule has 98 valence electrons. The van der Waals surface area contributed by atoms with Gasteiger partial charge in [-0.2, -0.15) is 0 Å². The number of carbonyl (C=O) groups excluding carboxylic acids is 1. The molecule has 0 bridgehead atoms. The molecule has 1 aliphatic heterocycles. The fraction of sp³-hybridized carbons (Fsp3) is 0.818. The standard InChI is InChI=1S/C11H21N3O3/c1-17-8-2-5-12-11(15)9-14-6-3-10(13-16)4-7-14/h16H,2-9H2,1H3,(H,12,15). The molecule has 0 spiro atoms. The van der Waals surface area contributed by atoms with Crippen molar-refractivity contribution in [3.05, 3.63) is 0 Å². The van der Waals surface area contributed by atoms with E-state index in [2.05, 4.69) is 15.4 Å². The van der Waals surface area contributed by atoms with Crippen molar-refractivity contribution in [1.82, 2.24) is 10.2 Å². The van der Waals surface area contributed by atoms with Crippen molar-refractivity contribution in [2.75, 3.05) is 39.9 Å². The van der Waals surface area contributed by atoms with E-state index in [1.807, 2.05) is 0 Å². The van der Waals surface area contributed by atoms with E-state index in [0.29, 0.717) is 19.7 Å². The maximum Gasteiger partial charge on any atom is 0.234 e. The normalized spacial score (nSPS) is 16.9. The highest BCUT2D eigenvalue weighted by Gasteiger charge is 2.17. The fourth-order valence-electron chi connectivity index (χ4n) is 1.77. The average molecular weight is 243 g/mol. The summed E-state index contributed by atoms with van der Waals surface area (Å²) in [5.74, 6) is 0.0468. The van der Waals surface area contributed by atoms with Crippen LogP contribution in [-0.2, 0) is 9.53 Å². The zero-order chi connectivity index (χ0) is 12.5. The summed E-state index contributed by atoms with van der Waals surface area (Å²) in [6.45, 7) is 3.31. The number of methoxy groups -OCH3 is 1. The lowest BCUT2D eigenvalue weighted by molar-refractivity contribution is -0.122. The van der Waals surface area contributed by atoms with Gasteiger partial charge < -0.3 is 15.3 Å². The van der Waals surface area contributed by atoms with Crippen molar-refractivity contribution in [2.24, 2.45) is 5.16 Å². The van der Waals surface area contributed by atoms with Gasteiger partial charge in [0.05, 0.1) is 12.3 Å². The largest absolute Gasteiger partial charge is 0.411 e. The van der Waals surface area contributed by atoms with Gasteiger partial charge in [-0.15, -0.1) is 0 Å².